The lowest BCUT2D eigenvalue weighted by atomic mass is 10.2. The molecule has 1 heterocycles. The van der Waals surface area contributed by atoms with Crippen molar-refractivity contribution in [1.82, 2.24) is 4.90 Å². The summed E-state index contributed by atoms with van der Waals surface area (Å²) in [6, 6.07) is 0. The topological polar surface area (TPSA) is 20.3 Å². The fraction of sp³-hybridized carbons (Fsp3) is 0.889. The number of hydrogen-bond donors (Lipinski definition) is 0. The van der Waals surface area contributed by atoms with E-state index in [0.717, 1.165) is 24.9 Å². The van der Waals surface area contributed by atoms with Gasteiger partial charge in [0.05, 0.1) is 6.42 Å². The fourth-order valence-corrected chi connectivity index (χ4v) is 2.26. The van der Waals surface area contributed by atoms with E-state index in [1.54, 1.807) is 16.7 Å². The van der Waals surface area contributed by atoms with E-state index >= 15 is 0 Å². The van der Waals surface area contributed by atoms with Crippen molar-refractivity contribution in [3.63, 3.8) is 0 Å². The quantitative estimate of drug-likeness (QED) is 0.713. The van der Waals surface area contributed by atoms with Gasteiger partial charge in [-0.15, -0.1) is 0 Å². The third kappa shape index (κ3) is 4.26. The second kappa shape index (κ2) is 4.96. The third-order valence-electron chi connectivity index (χ3n) is 2.04. The van der Waals surface area contributed by atoms with Gasteiger partial charge >= 0.3 is 0 Å². The minimum Gasteiger partial charge on any atom is -0.342 e. The van der Waals surface area contributed by atoms with Crippen LogP contribution in [0, 0.1) is 0 Å². The molecule has 0 N–H and O–H groups in total. The Kier molecular flexibility index (Phi) is 4.16. The van der Waals surface area contributed by atoms with Gasteiger partial charge < -0.3 is 4.90 Å². The first-order valence-corrected chi connectivity index (χ1v) is 5.88. The molecule has 0 aliphatic carbocycles. The van der Waals surface area contributed by atoms with Crippen LogP contribution in [0.25, 0.3) is 0 Å². The van der Waals surface area contributed by atoms with Crippen LogP contribution in [0.1, 0.15) is 19.8 Å². The van der Waals surface area contributed by atoms with Gasteiger partial charge in [0, 0.05) is 18.8 Å². The first-order valence-electron chi connectivity index (χ1n) is 4.72. The predicted octanol–water partition coefficient (Wildman–Crippen LogP) is 2.00. The van der Waals surface area contributed by atoms with E-state index in [2.05, 4.69) is 0 Å². The molecular weight excluding hydrogens is 208 g/mol. The number of thioether (sulfide) groups is 1. The smallest absolute Gasteiger partial charge is 0.254 e. The van der Waals surface area contributed by atoms with Crippen molar-refractivity contribution in [3.05, 3.63) is 0 Å². The molecule has 1 amide bonds. The third-order valence-corrected chi connectivity index (χ3v) is 3.09. The molecule has 1 rings (SSSR count). The first-order chi connectivity index (χ1) is 6.49. The first kappa shape index (κ1) is 11.8. The van der Waals surface area contributed by atoms with Gasteiger partial charge in [-0.3, -0.25) is 4.79 Å². The summed E-state index contributed by atoms with van der Waals surface area (Å²) in [6.07, 6.45) is 0.253. The van der Waals surface area contributed by atoms with Crippen LogP contribution in [-0.2, 0) is 4.79 Å². The number of rotatable bonds is 2. The van der Waals surface area contributed by atoms with E-state index in [4.69, 9.17) is 0 Å². The maximum Gasteiger partial charge on any atom is 0.254 e. The van der Waals surface area contributed by atoms with Gasteiger partial charge in [0.25, 0.3) is 5.92 Å². The van der Waals surface area contributed by atoms with Crippen LogP contribution in [0.2, 0.25) is 0 Å². The molecule has 1 fully saturated rings. The minimum absolute atomic E-state index is 0.417. The Hall–Kier alpha value is -0.320. The van der Waals surface area contributed by atoms with Gasteiger partial charge in [-0.05, 0) is 19.1 Å². The van der Waals surface area contributed by atoms with Crippen molar-refractivity contribution in [2.75, 3.05) is 24.6 Å². The lowest BCUT2D eigenvalue weighted by molar-refractivity contribution is -0.137. The maximum absolute atomic E-state index is 12.6. The highest BCUT2D eigenvalue weighted by Crippen LogP contribution is 2.19. The Balaban J connectivity index is 2.42. The van der Waals surface area contributed by atoms with Crippen LogP contribution < -0.4 is 0 Å². The largest absolute Gasteiger partial charge is 0.342 e. The Morgan fingerprint density at radius 2 is 2.14 bits per heavy atom. The highest BCUT2D eigenvalue weighted by molar-refractivity contribution is 7.99. The average molecular weight is 223 g/mol. The molecule has 14 heavy (non-hydrogen) atoms. The number of hydrogen-bond acceptors (Lipinski definition) is 2. The van der Waals surface area contributed by atoms with Crippen molar-refractivity contribution >= 4 is 17.7 Å². The van der Waals surface area contributed by atoms with E-state index in [-0.39, 0.29) is 0 Å². The lowest BCUT2D eigenvalue weighted by Gasteiger charge is -2.21. The minimum atomic E-state index is -2.88. The van der Waals surface area contributed by atoms with Crippen LogP contribution >= 0.6 is 11.8 Å². The van der Waals surface area contributed by atoms with E-state index in [0.29, 0.717) is 13.1 Å². The van der Waals surface area contributed by atoms with Crippen molar-refractivity contribution in [1.29, 1.82) is 0 Å². The fourth-order valence-electron chi connectivity index (χ4n) is 1.37. The molecule has 0 saturated carbocycles. The zero-order valence-corrected chi connectivity index (χ0v) is 9.08. The van der Waals surface area contributed by atoms with Crippen molar-refractivity contribution in [3.8, 4) is 0 Å². The highest BCUT2D eigenvalue weighted by Gasteiger charge is 2.28. The van der Waals surface area contributed by atoms with Crippen LogP contribution in [-0.4, -0.2) is 41.3 Å². The summed E-state index contributed by atoms with van der Waals surface area (Å²) >= 11 is 1.77. The molecule has 1 aliphatic heterocycles. The monoisotopic (exact) mass is 223 g/mol. The molecule has 0 spiro atoms. The van der Waals surface area contributed by atoms with E-state index in [9.17, 15) is 13.6 Å². The summed E-state index contributed by atoms with van der Waals surface area (Å²) in [6.45, 7) is 2.03. The molecule has 82 valence electrons. The molecule has 1 saturated heterocycles. The van der Waals surface area contributed by atoms with Crippen LogP contribution in [0.5, 0.6) is 0 Å². The Bertz CT molecular complexity index is 197. The number of nitrogens with zero attached hydrogens (tertiary/aromatic N) is 1. The Labute approximate surface area is 87.0 Å². The summed E-state index contributed by atoms with van der Waals surface area (Å²) < 4.78 is 25.2. The lowest BCUT2D eigenvalue weighted by Crippen LogP contribution is -2.36. The molecule has 0 aromatic heterocycles. The van der Waals surface area contributed by atoms with Gasteiger partial charge in [-0.2, -0.15) is 11.8 Å². The molecule has 1 aliphatic rings. The molecular formula is C9H15F2NOS. The zero-order valence-electron chi connectivity index (χ0n) is 8.26. The highest BCUT2D eigenvalue weighted by atomic mass is 32.2. The van der Waals surface area contributed by atoms with Gasteiger partial charge in [0.2, 0.25) is 5.91 Å². The van der Waals surface area contributed by atoms with E-state index < -0.39 is 18.3 Å². The molecule has 0 aromatic rings. The summed E-state index contributed by atoms with van der Waals surface area (Å²) in [5.74, 6) is -1.41. The SMILES string of the molecule is CC(F)(F)CC(=O)N1CCCSCC1. The number of alkyl halides is 2. The number of amides is 1. The summed E-state index contributed by atoms with van der Waals surface area (Å²) in [4.78, 5) is 13.0. The second-order valence-corrected chi connectivity index (χ2v) is 4.82. The van der Waals surface area contributed by atoms with Gasteiger partial charge in [0.1, 0.15) is 0 Å². The van der Waals surface area contributed by atoms with E-state index in [1.807, 2.05) is 0 Å². The molecule has 0 unspecified atom stereocenters. The van der Waals surface area contributed by atoms with Crippen LogP contribution in [0.4, 0.5) is 8.78 Å². The van der Waals surface area contributed by atoms with Crippen molar-refractivity contribution < 1.29 is 13.6 Å². The number of carbonyl (C=O) groups excluding carboxylic acids is 1. The Morgan fingerprint density at radius 3 is 2.79 bits per heavy atom. The maximum atomic E-state index is 12.6. The predicted molar refractivity (Wildman–Crippen MR) is 53.8 cm³/mol. The Morgan fingerprint density at radius 1 is 1.43 bits per heavy atom. The molecule has 0 aromatic carbocycles. The zero-order chi connectivity index (χ0) is 10.6. The van der Waals surface area contributed by atoms with Crippen LogP contribution in [0.3, 0.4) is 0 Å². The van der Waals surface area contributed by atoms with Gasteiger partial charge in [-0.25, -0.2) is 8.78 Å². The normalized spacial score (nSPS) is 19.2. The molecule has 5 heteroatoms. The summed E-state index contributed by atoms with van der Waals surface area (Å²) in [5.41, 5.74) is 0. The molecule has 0 atom stereocenters. The van der Waals surface area contributed by atoms with Crippen molar-refractivity contribution in [2.45, 2.75) is 25.7 Å². The molecule has 0 bridgehead atoms. The number of carbonyl (C=O) groups is 1. The second-order valence-electron chi connectivity index (χ2n) is 3.59. The molecule has 2 nitrogen and oxygen atoms in total. The summed E-state index contributed by atoms with van der Waals surface area (Å²) in [7, 11) is 0. The van der Waals surface area contributed by atoms with Gasteiger partial charge in [0.15, 0.2) is 0 Å². The van der Waals surface area contributed by atoms with Gasteiger partial charge in [-0.1, -0.05) is 0 Å². The van der Waals surface area contributed by atoms with Crippen LogP contribution in [0.15, 0.2) is 0 Å². The average Bonchev–Trinajstić information content (AvgIpc) is 2.27. The van der Waals surface area contributed by atoms with E-state index in [1.165, 1.54) is 0 Å². The summed E-state index contributed by atoms with van der Waals surface area (Å²) in [5, 5.41) is 0. The van der Waals surface area contributed by atoms with Crippen molar-refractivity contribution in [2.24, 2.45) is 0 Å². The molecule has 0 radical (unpaired) electrons. The number of halogens is 2. The standard InChI is InChI=1S/C9H15F2NOS/c1-9(10,11)7-8(13)12-3-2-5-14-6-4-12/h2-7H2,1H3.